The van der Waals surface area contributed by atoms with E-state index in [0.29, 0.717) is 0 Å². The Balaban J connectivity index is 2.61. The van der Waals surface area contributed by atoms with Crippen molar-refractivity contribution in [3.63, 3.8) is 0 Å². The molecule has 0 radical (unpaired) electrons. The van der Waals surface area contributed by atoms with Gasteiger partial charge in [-0.3, -0.25) is 4.79 Å². The van der Waals surface area contributed by atoms with E-state index in [1.165, 1.54) is 18.5 Å². The Morgan fingerprint density at radius 2 is 1.89 bits per heavy atom. The van der Waals surface area contributed by atoms with E-state index >= 15 is 0 Å². The van der Waals surface area contributed by atoms with Crippen LogP contribution >= 0.6 is 0 Å². The van der Waals surface area contributed by atoms with E-state index in [4.69, 9.17) is 0 Å². The molecule has 0 amide bonds. The first kappa shape index (κ1) is 14.7. The van der Waals surface area contributed by atoms with Crippen molar-refractivity contribution in [3.8, 4) is 0 Å². The minimum Gasteiger partial charge on any atom is -0.469 e. The molecule has 0 aliphatic heterocycles. The number of hydrogen-bond donors (Lipinski definition) is 0. The average Bonchev–Trinajstić information content (AvgIpc) is 2.36. The van der Waals surface area contributed by atoms with Crippen LogP contribution in [-0.4, -0.2) is 39.4 Å². The van der Waals surface area contributed by atoms with Gasteiger partial charge in [-0.2, -0.15) is 0 Å². The number of benzene rings is 1. The summed E-state index contributed by atoms with van der Waals surface area (Å²) in [5.74, 6) is -0.484. The van der Waals surface area contributed by atoms with Crippen molar-refractivity contribution in [2.45, 2.75) is 12.2 Å². The highest BCUT2D eigenvalue weighted by Crippen LogP contribution is 2.09. The summed E-state index contributed by atoms with van der Waals surface area (Å²) in [7, 11) is -0.654. The second-order valence-corrected chi connectivity index (χ2v) is 5.97. The van der Waals surface area contributed by atoms with Gasteiger partial charge in [0, 0.05) is 13.6 Å². The monoisotopic (exact) mass is 271 g/mol. The van der Waals surface area contributed by atoms with Crippen LogP contribution in [0.4, 0.5) is 0 Å². The van der Waals surface area contributed by atoms with Crippen LogP contribution in [0.2, 0.25) is 0 Å². The molecule has 1 rings (SSSR count). The maximum Gasteiger partial charge on any atom is 0.306 e. The molecule has 0 heterocycles. The smallest absolute Gasteiger partial charge is 0.306 e. The zero-order valence-corrected chi connectivity index (χ0v) is 11.3. The first-order valence-corrected chi connectivity index (χ1v) is 7.11. The zero-order chi connectivity index (χ0) is 13.6. The molecule has 0 aromatic heterocycles. The Hall–Kier alpha value is -1.40. The second kappa shape index (κ2) is 6.51. The molecule has 0 aliphatic carbocycles. The number of ether oxygens (including phenoxy) is 1. The number of esters is 1. The summed E-state index contributed by atoms with van der Waals surface area (Å²) in [5.41, 5.74) is 0.724. The van der Waals surface area contributed by atoms with E-state index in [1.54, 1.807) is 24.3 Å². The van der Waals surface area contributed by atoms with Crippen molar-refractivity contribution >= 4 is 16.0 Å². The van der Waals surface area contributed by atoms with Gasteiger partial charge < -0.3 is 4.74 Å². The Labute approximate surface area is 107 Å². The highest BCUT2D eigenvalue weighted by molar-refractivity contribution is 7.88. The van der Waals surface area contributed by atoms with Gasteiger partial charge in [0.1, 0.15) is 0 Å². The lowest BCUT2D eigenvalue weighted by Gasteiger charge is -2.16. The molecule has 0 fully saturated rings. The van der Waals surface area contributed by atoms with E-state index in [2.05, 4.69) is 4.74 Å². The quantitative estimate of drug-likeness (QED) is 0.724. The number of carbonyl (C=O) groups excluding carboxylic acids is 1. The molecule has 0 atom stereocenters. The van der Waals surface area contributed by atoms with Gasteiger partial charge in [-0.25, -0.2) is 12.7 Å². The van der Waals surface area contributed by atoms with Gasteiger partial charge in [-0.1, -0.05) is 30.3 Å². The van der Waals surface area contributed by atoms with Gasteiger partial charge in [-0.05, 0) is 5.56 Å². The summed E-state index contributed by atoms with van der Waals surface area (Å²) >= 11 is 0. The van der Waals surface area contributed by atoms with Crippen LogP contribution in [0.3, 0.4) is 0 Å². The molecular weight excluding hydrogens is 254 g/mol. The fourth-order valence-electron chi connectivity index (χ4n) is 1.38. The van der Waals surface area contributed by atoms with Crippen LogP contribution < -0.4 is 0 Å². The highest BCUT2D eigenvalue weighted by atomic mass is 32.2. The number of carbonyl (C=O) groups is 1. The molecule has 0 aliphatic rings. The van der Waals surface area contributed by atoms with E-state index in [0.717, 1.165) is 5.56 Å². The van der Waals surface area contributed by atoms with E-state index < -0.39 is 16.0 Å². The zero-order valence-electron chi connectivity index (χ0n) is 10.5. The second-order valence-electron chi connectivity index (χ2n) is 3.89. The molecule has 0 saturated carbocycles. The average molecular weight is 271 g/mol. The Bertz CT molecular complexity index is 484. The van der Waals surface area contributed by atoms with Crippen LogP contribution in [0.25, 0.3) is 0 Å². The van der Waals surface area contributed by atoms with Crippen molar-refractivity contribution in [2.75, 3.05) is 20.7 Å². The predicted molar refractivity (Wildman–Crippen MR) is 68.3 cm³/mol. The van der Waals surface area contributed by atoms with E-state index in [9.17, 15) is 13.2 Å². The molecular formula is C12H17NO4S. The lowest BCUT2D eigenvalue weighted by Crippen LogP contribution is -2.30. The van der Waals surface area contributed by atoms with Crippen molar-refractivity contribution in [2.24, 2.45) is 0 Å². The number of rotatable bonds is 6. The summed E-state index contributed by atoms with van der Waals surface area (Å²) in [5, 5.41) is 0. The summed E-state index contributed by atoms with van der Waals surface area (Å²) in [6, 6.07) is 8.92. The molecule has 100 valence electrons. The minimum atomic E-state index is -3.39. The number of methoxy groups -OCH3 is 1. The fourth-order valence-corrected chi connectivity index (χ4v) is 2.59. The van der Waals surface area contributed by atoms with Gasteiger partial charge in [0.15, 0.2) is 0 Å². The third-order valence-corrected chi connectivity index (χ3v) is 4.36. The van der Waals surface area contributed by atoms with Gasteiger partial charge in [0.05, 0.1) is 19.3 Å². The van der Waals surface area contributed by atoms with Gasteiger partial charge in [0.25, 0.3) is 0 Å². The lowest BCUT2D eigenvalue weighted by atomic mass is 10.2. The van der Waals surface area contributed by atoms with Gasteiger partial charge in [0.2, 0.25) is 10.0 Å². The first-order chi connectivity index (χ1) is 8.45. The molecule has 0 unspecified atom stereocenters. The van der Waals surface area contributed by atoms with E-state index in [-0.39, 0.29) is 18.7 Å². The highest BCUT2D eigenvalue weighted by Gasteiger charge is 2.19. The van der Waals surface area contributed by atoms with Crippen LogP contribution in [0.5, 0.6) is 0 Å². The first-order valence-electron chi connectivity index (χ1n) is 5.50. The van der Waals surface area contributed by atoms with Crippen LogP contribution in [0.15, 0.2) is 30.3 Å². The largest absolute Gasteiger partial charge is 0.469 e. The Kier molecular flexibility index (Phi) is 5.30. The Morgan fingerprint density at radius 1 is 1.28 bits per heavy atom. The van der Waals surface area contributed by atoms with Crippen molar-refractivity contribution in [3.05, 3.63) is 35.9 Å². The number of sulfonamides is 1. The third kappa shape index (κ3) is 4.46. The number of nitrogens with zero attached hydrogens (tertiary/aromatic N) is 1. The Morgan fingerprint density at radius 3 is 2.44 bits per heavy atom. The maximum absolute atomic E-state index is 12.0. The molecule has 6 heteroatoms. The summed E-state index contributed by atoms with van der Waals surface area (Å²) in [4.78, 5) is 11.0. The third-order valence-electron chi connectivity index (χ3n) is 2.53. The summed E-state index contributed by atoms with van der Waals surface area (Å²) in [6.07, 6.45) is 0.0566. The summed E-state index contributed by atoms with van der Waals surface area (Å²) < 4.78 is 29.6. The molecule has 1 aromatic carbocycles. The van der Waals surface area contributed by atoms with Crippen LogP contribution in [0, 0.1) is 0 Å². The van der Waals surface area contributed by atoms with Crippen molar-refractivity contribution in [1.82, 2.24) is 4.31 Å². The van der Waals surface area contributed by atoms with Gasteiger partial charge in [-0.15, -0.1) is 0 Å². The van der Waals surface area contributed by atoms with Gasteiger partial charge >= 0.3 is 5.97 Å². The van der Waals surface area contributed by atoms with Crippen molar-refractivity contribution < 1.29 is 17.9 Å². The SMILES string of the molecule is COC(=O)CCN(C)S(=O)(=O)Cc1ccccc1. The molecule has 18 heavy (non-hydrogen) atoms. The molecule has 1 aromatic rings. The van der Waals surface area contributed by atoms with Crippen LogP contribution in [0.1, 0.15) is 12.0 Å². The topological polar surface area (TPSA) is 63.7 Å². The summed E-state index contributed by atoms with van der Waals surface area (Å²) in [6.45, 7) is 0.127. The fraction of sp³-hybridized carbons (Fsp3) is 0.417. The van der Waals surface area contributed by atoms with Crippen molar-refractivity contribution in [1.29, 1.82) is 0 Å². The molecule has 0 saturated heterocycles. The standard InChI is InChI=1S/C12H17NO4S/c1-13(9-8-12(14)17-2)18(15,16)10-11-6-4-3-5-7-11/h3-7H,8-10H2,1-2H3. The number of hydrogen-bond acceptors (Lipinski definition) is 4. The minimum absolute atomic E-state index is 0.0566. The maximum atomic E-state index is 12.0. The molecule has 0 N–H and O–H groups in total. The molecule has 0 spiro atoms. The normalized spacial score (nSPS) is 11.5. The lowest BCUT2D eigenvalue weighted by molar-refractivity contribution is -0.140. The predicted octanol–water partition coefficient (Wildman–Crippen LogP) is 1.01. The van der Waals surface area contributed by atoms with E-state index in [1.807, 2.05) is 6.07 Å². The molecule has 0 bridgehead atoms. The molecule has 5 nitrogen and oxygen atoms in total. The van der Waals surface area contributed by atoms with Crippen LogP contribution in [-0.2, 0) is 25.3 Å².